The van der Waals surface area contributed by atoms with Crippen LogP contribution in [0.15, 0.2) is 48.5 Å². The molecule has 0 aliphatic rings. The van der Waals surface area contributed by atoms with E-state index in [2.05, 4.69) is 5.43 Å². The van der Waals surface area contributed by atoms with Gasteiger partial charge in [-0.1, -0.05) is 12.1 Å². The van der Waals surface area contributed by atoms with Crippen LogP contribution in [0.4, 0.5) is 0 Å². The molecule has 0 unspecified atom stereocenters. The molecule has 2 rings (SSSR count). The van der Waals surface area contributed by atoms with Crippen molar-refractivity contribution in [3.63, 3.8) is 0 Å². The first kappa shape index (κ1) is 14.5. The van der Waals surface area contributed by atoms with Crippen molar-refractivity contribution in [2.75, 3.05) is 0 Å². The van der Waals surface area contributed by atoms with Gasteiger partial charge in [0.1, 0.15) is 12.4 Å². The van der Waals surface area contributed by atoms with Crippen LogP contribution in [-0.2, 0) is 6.61 Å². The number of carbonyl (C=O) groups is 2. The van der Waals surface area contributed by atoms with E-state index < -0.39 is 5.91 Å². The van der Waals surface area contributed by atoms with Gasteiger partial charge in [-0.3, -0.25) is 15.0 Å². The van der Waals surface area contributed by atoms with Gasteiger partial charge in [0.25, 0.3) is 5.91 Å². The van der Waals surface area contributed by atoms with E-state index in [9.17, 15) is 9.59 Å². The Morgan fingerprint density at radius 1 is 1.05 bits per heavy atom. The number of hydrogen-bond donors (Lipinski definition) is 3. The first-order valence-electron chi connectivity index (χ1n) is 6.22. The number of nitrogens with two attached hydrogens (primary N) is 2. The lowest BCUT2D eigenvalue weighted by atomic mass is 10.1. The fourth-order valence-electron chi connectivity index (χ4n) is 1.77. The van der Waals surface area contributed by atoms with Crippen LogP contribution in [0, 0.1) is 0 Å². The van der Waals surface area contributed by atoms with E-state index in [1.165, 1.54) is 0 Å². The van der Waals surface area contributed by atoms with Gasteiger partial charge in [0, 0.05) is 11.1 Å². The van der Waals surface area contributed by atoms with E-state index in [1.807, 2.05) is 6.07 Å². The van der Waals surface area contributed by atoms with Crippen LogP contribution < -0.4 is 21.7 Å². The molecule has 0 bridgehead atoms. The van der Waals surface area contributed by atoms with Crippen LogP contribution in [0.5, 0.6) is 5.75 Å². The average molecular weight is 285 g/mol. The van der Waals surface area contributed by atoms with Crippen molar-refractivity contribution < 1.29 is 14.3 Å². The summed E-state index contributed by atoms with van der Waals surface area (Å²) in [7, 11) is 0. The molecule has 5 N–H and O–H groups in total. The third kappa shape index (κ3) is 3.80. The Hall–Kier alpha value is -2.86. The van der Waals surface area contributed by atoms with Crippen LogP contribution >= 0.6 is 0 Å². The first-order chi connectivity index (χ1) is 10.1. The molecule has 2 amide bonds. The summed E-state index contributed by atoms with van der Waals surface area (Å²) < 4.78 is 5.58. The number of carbonyl (C=O) groups excluding carboxylic acids is 2. The number of benzene rings is 2. The fraction of sp³-hybridized carbons (Fsp3) is 0.0667. The smallest absolute Gasteiger partial charge is 0.265 e. The minimum atomic E-state index is -0.484. The number of nitrogens with one attached hydrogen (secondary N) is 1. The summed E-state index contributed by atoms with van der Waals surface area (Å²) in [6.07, 6.45) is 0. The van der Waals surface area contributed by atoms with Crippen LogP contribution in [0.3, 0.4) is 0 Å². The Labute approximate surface area is 121 Å². The Morgan fingerprint density at radius 2 is 1.76 bits per heavy atom. The second kappa shape index (κ2) is 6.53. The van der Waals surface area contributed by atoms with Crippen molar-refractivity contribution >= 4 is 11.8 Å². The highest BCUT2D eigenvalue weighted by molar-refractivity contribution is 5.94. The summed E-state index contributed by atoms with van der Waals surface area (Å²) in [5.74, 6) is 4.85. The molecule has 6 nitrogen and oxygen atoms in total. The average Bonchev–Trinajstić information content (AvgIpc) is 2.52. The molecular formula is C15H15N3O3. The molecule has 0 saturated heterocycles. The van der Waals surface area contributed by atoms with E-state index in [0.29, 0.717) is 23.5 Å². The van der Waals surface area contributed by atoms with Crippen LogP contribution in [-0.4, -0.2) is 11.8 Å². The molecule has 0 aromatic heterocycles. The van der Waals surface area contributed by atoms with Gasteiger partial charge in [-0.05, 0) is 42.0 Å². The van der Waals surface area contributed by atoms with Gasteiger partial charge >= 0.3 is 0 Å². The topological polar surface area (TPSA) is 107 Å². The zero-order valence-electron chi connectivity index (χ0n) is 11.2. The molecule has 0 radical (unpaired) electrons. The van der Waals surface area contributed by atoms with E-state index in [0.717, 1.165) is 5.56 Å². The fourth-order valence-corrected chi connectivity index (χ4v) is 1.77. The van der Waals surface area contributed by atoms with Crippen molar-refractivity contribution in [1.29, 1.82) is 0 Å². The van der Waals surface area contributed by atoms with Gasteiger partial charge in [-0.15, -0.1) is 0 Å². The normalized spacial score (nSPS) is 9.95. The van der Waals surface area contributed by atoms with Crippen LogP contribution in [0.25, 0.3) is 0 Å². The molecule has 0 aliphatic carbocycles. The number of primary amides is 1. The number of amides is 2. The van der Waals surface area contributed by atoms with Crippen molar-refractivity contribution in [3.05, 3.63) is 65.2 Å². The lowest BCUT2D eigenvalue weighted by Gasteiger charge is -2.08. The zero-order valence-corrected chi connectivity index (χ0v) is 11.2. The van der Waals surface area contributed by atoms with Crippen molar-refractivity contribution in [2.24, 2.45) is 11.6 Å². The zero-order chi connectivity index (χ0) is 15.2. The molecule has 0 fully saturated rings. The largest absolute Gasteiger partial charge is 0.489 e. The SMILES string of the molecule is NNC(=O)c1cccc(COc2ccc(C(N)=O)cc2)c1. The molecule has 21 heavy (non-hydrogen) atoms. The van der Waals surface area contributed by atoms with Crippen molar-refractivity contribution in [3.8, 4) is 5.75 Å². The minimum Gasteiger partial charge on any atom is -0.489 e. The Kier molecular flexibility index (Phi) is 4.53. The quantitative estimate of drug-likeness (QED) is 0.432. The maximum atomic E-state index is 11.4. The summed E-state index contributed by atoms with van der Waals surface area (Å²) in [6.45, 7) is 0.293. The highest BCUT2D eigenvalue weighted by atomic mass is 16.5. The highest BCUT2D eigenvalue weighted by Gasteiger charge is 2.05. The molecule has 6 heteroatoms. The van der Waals surface area contributed by atoms with Gasteiger partial charge < -0.3 is 10.5 Å². The second-order valence-electron chi connectivity index (χ2n) is 4.35. The van der Waals surface area contributed by atoms with Gasteiger partial charge in [0.2, 0.25) is 5.91 Å². The number of hydrazine groups is 1. The molecule has 0 saturated carbocycles. The molecule has 108 valence electrons. The van der Waals surface area contributed by atoms with E-state index >= 15 is 0 Å². The molecular weight excluding hydrogens is 270 g/mol. The highest BCUT2D eigenvalue weighted by Crippen LogP contribution is 2.14. The summed E-state index contributed by atoms with van der Waals surface area (Å²) >= 11 is 0. The third-order valence-electron chi connectivity index (χ3n) is 2.86. The summed E-state index contributed by atoms with van der Waals surface area (Å²) in [5, 5.41) is 0. The number of rotatable bonds is 5. The third-order valence-corrected chi connectivity index (χ3v) is 2.86. The van der Waals surface area contributed by atoms with Gasteiger partial charge in [0.05, 0.1) is 0 Å². The van der Waals surface area contributed by atoms with Gasteiger partial charge in [-0.25, -0.2) is 5.84 Å². The summed E-state index contributed by atoms with van der Waals surface area (Å²) in [5.41, 5.74) is 8.94. The Morgan fingerprint density at radius 3 is 2.38 bits per heavy atom. The molecule has 0 spiro atoms. The lowest BCUT2D eigenvalue weighted by molar-refractivity contribution is 0.0952. The molecule has 2 aromatic rings. The van der Waals surface area contributed by atoms with E-state index in [-0.39, 0.29) is 5.91 Å². The standard InChI is InChI=1S/C15H15N3O3/c16-14(19)11-4-6-13(7-5-11)21-9-10-2-1-3-12(8-10)15(20)18-17/h1-8H,9,17H2,(H2,16,19)(H,18,20). The lowest BCUT2D eigenvalue weighted by Crippen LogP contribution is -2.30. The summed E-state index contributed by atoms with van der Waals surface area (Å²) in [6, 6.07) is 13.5. The van der Waals surface area contributed by atoms with E-state index in [4.69, 9.17) is 16.3 Å². The second-order valence-corrected chi connectivity index (χ2v) is 4.35. The molecule has 0 atom stereocenters. The predicted octanol–water partition coefficient (Wildman–Crippen LogP) is 0.968. The van der Waals surface area contributed by atoms with Crippen molar-refractivity contribution in [1.82, 2.24) is 5.43 Å². The van der Waals surface area contributed by atoms with Crippen LogP contribution in [0.1, 0.15) is 26.3 Å². The number of nitrogen functional groups attached to an aromatic ring is 1. The van der Waals surface area contributed by atoms with Crippen LogP contribution in [0.2, 0.25) is 0 Å². The van der Waals surface area contributed by atoms with Gasteiger partial charge in [-0.2, -0.15) is 0 Å². The molecule has 0 heterocycles. The minimum absolute atomic E-state index is 0.293. The molecule has 0 aliphatic heterocycles. The Balaban J connectivity index is 2.02. The molecule has 2 aromatic carbocycles. The van der Waals surface area contributed by atoms with E-state index in [1.54, 1.807) is 42.5 Å². The maximum Gasteiger partial charge on any atom is 0.265 e. The number of ether oxygens (including phenoxy) is 1. The predicted molar refractivity (Wildman–Crippen MR) is 77.4 cm³/mol. The first-order valence-corrected chi connectivity index (χ1v) is 6.22. The Bertz CT molecular complexity index is 653. The summed E-state index contributed by atoms with van der Waals surface area (Å²) in [4.78, 5) is 22.4. The number of hydrogen-bond acceptors (Lipinski definition) is 4. The monoisotopic (exact) mass is 285 g/mol. The van der Waals surface area contributed by atoms with Gasteiger partial charge in [0.15, 0.2) is 0 Å². The maximum absolute atomic E-state index is 11.4. The van der Waals surface area contributed by atoms with Crippen molar-refractivity contribution in [2.45, 2.75) is 6.61 Å².